The largest absolute Gasteiger partial charge is 0.0914 e. The van der Waals surface area contributed by atoms with Crippen LogP contribution in [0.15, 0.2) is 12.2 Å². The Morgan fingerprint density at radius 2 is 1.25 bits per heavy atom. The van der Waals surface area contributed by atoms with E-state index in [2.05, 4.69) is 53.7 Å². The molecule has 1 atom stereocenters. The van der Waals surface area contributed by atoms with E-state index >= 15 is 0 Å². The molecule has 0 N–H and O–H groups in total. The maximum absolute atomic E-state index is 2.32. The van der Waals surface area contributed by atoms with E-state index in [-0.39, 0.29) is 0 Å². The van der Waals surface area contributed by atoms with Gasteiger partial charge in [0.2, 0.25) is 0 Å². The van der Waals surface area contributed by atoms with Crippen LogP contribution < -0.4 is 0 Å². The molecule has 12 heavy (non-hydrogen) atoms. The Bertz CT molecular complexity index is 123. The molecular formula is C12H24. The first kappa shape index (κ1) is 11.7. The maximum atomic E-state index is 2.32. The highest BCUT2D eigenvalue weighted by Crippen LogP contribution is 2.29. The molecule has 0 aromatic heterocycles. The SMILES string of the molecule is CC=CC(C)C(C(C)C)C(C)C. The van der Waals surface area contributed by atoms with Crippen LogP contribution in [-0.2, 0) is 0 Å². The monoisotopic (exact) mass is 168 g/mol. The van der Waals surface area contributed by atoms with E-state index in [0.29, 0.717) is 0 Å². The van der Waals surface area contributed by atoms with E-state index < -0.39 is 0 Å². The predicted octanol–water partition coefficient (Wildman–Crippen LogP) is 4.13. The van der Waals surface area contributed by atoms with E-state index in [4.69, 9.17) is 0 Å². The topological polar surface area (TPSA) is 0 Å². The maximum Gasteiger partial charge on any atom is -0.0229 e. The van der Waals surface area contributed by atoms with Crippen molar-refractivity contribution in [2.75, 3.05) is 0 Å². The first-order chi connectivity index (χ1) is 5.50. The lowest BCUT2D eigenvalue weighted by Crippen LogP contribution is -2.22. The van der Waals surface area contributed by atoms with Gasteiger partial charge in [0.05, 0.1) is 0 Å². The lowest BCUT2D eigenvalue weighted by molar-refractivity contribution is 0.231. The van der Waals surface area contributed by atoms with Crippen molar-refractivity contribution in [2.45, 2.75) is 41.5 Å². The lowest BCUT2D eigenvalue weighted by atomic mass is 9.77. The van der Waals surface area contributed by atoms with Crippen LogP contribution in [0.5, 0.6) is 0 Å². The summed E-state index contributed by atoms with van der Waals surface area (Å²) in [4.78, 5) is 0. The van der Waals surface area contributed by atoms with Crippen molar-refractivity contribution in [3.8, 4) is 0 Å². The van der Waals surface area contributed by atoms with Crippen LogP contribution in [0.1, 0.15) is 41.5 Å². The van der Waals surface area contributed by atoms with Gasteiger partial charge in [-0.3, -0.25) is 0 Å². The molecule has 0 aromatic carbocycles. The third-order valence-electron chi connectivity index (χ3n) is 2.64. The number of hydrogen-bond acceptors (Lipinski definition) is 0. The molecule has 0 saturated heterocycles. The normalized spacial score (nSPS) is 15.4. The second-order valence-electron chi connectivity index (χ2n) is 4.45. The zero-order chi connectivity index (χ0) is 9.72. The van der Waals surface area contributed by atoms with Crippen LogP contribution in [0.3, 0.4) is 0 Å². The Labute approximate surface area is 78.1 Å². The van der Waals surface area contributed by atoms with Crippen LogP contribution in [0.4, 0.5) is 0 Å². The standard InChI is InChI=1S/C12H24/c1-7-8-11(6)12(9(2)3)10(4)5/h7-12H,1-6H3. The van der Waals surface area contributed by atoms with Crippen molar-refractivity contribution >= 4 is 0 Å². The fraction of sp³-hybridized carbons (Fsp3) is 0.833. The van der Waals surface area contributed by atoms with Gasteiger partial charge in [-0.2, -0.15) is 0 Å². The summed E-state index contributed by atoms with van der Waals surface area (Å²) in [6.45, 7) is 13.7. The van der Waals surface area contributed by atoms with E-state index in [9.17, 15) is 0 Å². The van der Waals surface area contributed by atoms with Crippen molar-refractivity contribution in [1.29, 1.82) is 0 Å². The van der Waals surface area contributed by atoms with Crippen LogP contribution in [-0.4, -0.2) is 0 Å². The molecule has 1 unspecified atom stereocenters. The summed E-state index contributed by atoms with van der Waals surface area (Å²) in [5, 5.41) is 0. The summed E-state index contributed by atoms with van der Waals surface area (Å²) in [5.74, 6) is 3.11. The van der Waals surface area contributed by atoms with Gasteiger partial charge < -0.3 is 0 Å². The Morgan fingerprint density at radius 3 is 1.50 bits per heavy atom. The molecule has 0 spiro atoms. The van der Waals surface area contributed by atoms with Gasteiger partial charge in [-0.1, -0.05) is 46.8 Å². The predicted molar refractivity (Wildman–Crippen MR) is 57.1 cm³/mol. The Balaban J connectivity index is 4.29. The highest BCUT2D eigenvalue weighted by molar-refractivity contribution is 4.89. The van der Waals surface area contributed by atoms with Crippen molar-refractivity contribution in [3.63, 3.8) is 0 Å². The van der Waals surface area contributed by atoms with Crippen molar-refractivity contribution in [2.24, 2.45) is 23.7 Å². The molecule has 0 radical (unpaired) electrons. The zero-order valence-electron chi connectivity index (χ0n) is 9.46. The summed E-state index contributed by atoms with van der Waals surface area (Å²) in [7, 11) is 0. The van der Waals surface area contributed by atoms with Crippen LogP contribution in [0.25, 0.3) is 0 Å². The highest BCUT2D eigenvalue weighted by atomic mass is 14.3. The number of hydrogen-bond donors (Lipinski definition) is 0. The number of rotatable bonds is 4. The third-order valence-corrected chi connectivity index (χ3v) is 2.64. The van der Waals surface area contributed by atoms with E-state index in [1.54, 1.807) is 0 Å². The van der Waals surface area contributed by atoms with E-state index in [0.717, 1.165) is 23.7 Å². The Kier molecular flexibility index (Phi) is 5.28. The average Bonchev–Trinajstić information content (AvgIpc) is 1.85. The average molecular weight is 168 g/mol. The van der Waals surface area contributed by atoms with Gasteiger partial charge >= 0.3 is 0 Å². The molecule has 0 heteroatoms. The lowest BCUT2D eigenvalue weighted by Gasteiger charge is -2.29. The van der Waals surface area contributed by atoms with Crippen LogP contribution in [0.2, 0.25) is 0 Å². The molecule has 0 aliphatic carbocycles. The Morgan fingerprint density at radius 1 is 0.833 bits per heavy atom. The molecule has 0 aliphatic rings. The van der Waals surface area contributed by atoms with Gasteiger partial charge in [0.25, 0.3) is 0 Å². The van der Waals surface area contributed by atoms with E-state index in [1.165, 1.54) is 0 Å². The quantitative estimate of drug-likeness (QED) is 0.554. The molecule has 0 rings (SSSR count). The minimum Gasteiger partial charge on any atom is -0.0914 e. The molecule has 0 amide bonds. The highest BCUT2D eigenvalue weighted by Gasteiger charge is 2.21. The van der Waals surface area contributed by atoms with Gasteiger partial charge in [0.1, 0.15) is 0 Å². The molecule has 0 heterocycles. The number of allylic oxidation sites excluding steroid dienone is 2. The zero-order valence-corrected chi connectivity index (χ0v) is 9.46. The molecule has 0 bridgehead atoms. The summed E-state index contributed by atoms with van der Waals surface area (Å²) in [5.41, 5.74) is 0. The van der Waals surface area contributed by atoms with Crippen LogP contribution in [0, 0.1) is 23.7 Å². The fourth-order valence-corrected chi connectivity index (χ4v) is 2.42. The summed E-state index contributed by atoms with van der Waals surface area (Å²) < 4.78 is 0. The first-order valence-corrected chi connectivity index (χ1v) is 5.13. The summed E-state index contributed by atoms with van der Waals surface area (Å²) >= 11 is 0. The van der Waals surface area contributed by atoms with Crippen molar-refractivity contribution in [1.82, 2.24) is 0 Å². The molecule has 0 aromatic rings. The van der Waals surface area contributed by atoms with Crippen LogP contribution >= 0.6 is 0 Å². The Hall–Kier alpha value is -0.260. The van der Waals surface area contributed by atoms with Gasteiger partial charge in [-0.05, 0) is 30.6 Å². The molecule has 0 saturated carbocycles. The van der Waals surface area contributed by atoms with Crippen molar-refractivity contribution < 1.29 is 0 Å². The van der Waals surface area contributed by atoms with Gasteiger partial charge in [-0.25, -0.2) is 0 Å². The minimum atomic E-state index is 0.718. The molecular weight excluding hydrogens is 144 g/mol. The summed E-state index contributed by atoms with van der Waals surface area (Å²) in [6, 6.07) is 0. The van der Waals surface area contributed by atoms with Crippen molar-refractivity contribution in [3.05, 3.63) is 12.2 Å². The third kappa shape index (κ3) is 3.42. The molecule has 0 nitrogen and oxygen atoms in total. The molecule has 72 valence electrons. The first-order valence-electron chi connectivity index (χ1n) is 5.13. The smallest absolute Gasteiger partial charge is 0.0229 e. The molecule has 0 fully saturated rings. The fourth-order valence-electron chi connectivity index (χ4n) is 2.42. The van der Waals surface area contributed by atoms with Gasteiger partial charge in [0, 0.05) is 0 Å². The second-order valence-corrected chi connectivity index (χ2v) is 4.45. The molecule has 0 aliphatic heterocycles. The second kappa shape index (κ2) is 5.40. The van der Waals surface area contributed by atoms with Gasteiger partial charge in [0.15, 0.2) is 0 Å². The van der Waals surface area contributed by atoms with E-state index in [1.807, 2.05) is 0 Å². The minimum absolute atomic E-state index is 0.718. The summed E-state index contributed by atoms with van der Waals surface area (Å²) in [6.07, 6.45) is 4.49. The van der Waals surface area contributed by atoms with Gasteiger partial charge in [-0.15, -0.1) is 0 Å².